The third-order valence-electron chi connectivity index (χ3n) is 3.18. The highest BCUT2D eigenvalue weighted by Gasteiger charge is 2.11. The van der Waals surface area contributed by atoms with E-state index in [0.29, 0.717) is 10.9 Å². The molecule has 0 N–H and O–H groups in total. The molecule has 20 heavy (non-hydrogen) atoms. The quantitative estimate of drug-likeness (QED) is 0.530. The van der Waals surface area contributed by atoms with Crippen molar-refractivity contribution in [3.63, 3.8) is 0 Å². The number of thioether (sulfide) groups is 1. The summed E-state index contributed by atoms with van der Waals surface area (Å²) in [5.74, 6) is 2.81. The van der Waals surface area contributed by atoms with E-state index in [1.54, 1.807) is 6.20 Å². The molecule has 0 aromatic carbocycles. The molecule has 3 nitrogen and oxygen atoms in total. The molecule has 0 atom stereocenters. The van der Waals surface area contributed by atoms with Crippen molar-refractivity contribution >= 4 is 46.1 Å². The number of imidazole rings is 1. The Labute approximate surface area is 134 Å². The number of alkyl halides is 1. The number of unbranched alkanes of at least 4 members (excludes halogenated alkanes) is 2. The molecular formula is C14H19Cl2N3S. The zero-order valence-electron chi connectivity index (χ0n) is 11.6. The lowest BCUT2D eigenvalue weighted by Gasteiger charge is -2.07. The van der Waals surface area contributed by atoms with E-state index < -0.39 is 0 Å². The summed E-state index contributed by atoms with van der Waals surface area (Å²) in [5.41, 5.74) is 1.78. The van der Waals surface area contributed by atoms with Crippen molar-refractivity contribution in [2.24, 2.45) is 0 Å². The van der Waals surface area contributed by atoms with Gasteiger partial charge in [-0.1, -0.05) is 18.0 Å². The fourth-order valence-corrected chi connectivity index (χ4v) is 3.05. The first kappa shape index (κ1) is 15.9. The van der Waals surface area contributed by atoms with Crippen LogP contribution in [0.3, 0.4) is 0 Å². The molecule has 2 rings (SSSR count). The molecule has 0 aliphatic heterocycles. The molecule has 0 bridgehead atoms. The predicted molar refractivity (Wildman–Crippen MR) is 89.2 cm³/mol. The maximum atomic E-state index is 5.98. The van der Waals surface area contributed by atoms with Gasteiger partial charge in [0.05, 0.1) is 5.02 Å². The van der Waals surface area contributed by atoms with Gasteiger partial charge in [-0.05, 0) is 30.9 Å². The second-order valence-electron chi connectivity index (χ2n) is 4.67. The first-order chi connectivity index (χ1) is 9.76. The lowest BCUT2D eigenvalue weighted by atomic mass is 10.2. The van der Waals surface area contributed by atoms with Gasteiger partial charge in [-0.3, -0.25) is 0 Å². The van der Waals surface area contributed by atoms with E-state index in [0.717, 1.165) is 36.4 Å². The lowest BCUT2D eigenvalue weighted by Crippen LogP contribution is -2.05. The van der Waals surface area contributed by atoms with E-state index in [9.17, 15) is 0 Å². The normalized spacial score (nSPS) is 11.3. The summed E-state index contributed by atoms with van der Waals surface area (Å²) >= 11 is 13.7. The van der Waals surface area contributed by atoms with Crippen molar-refractivity contribution in [2.45, 2.75) is 32.2 Å². The Morgan fingerprint density at radius 2 is 2.15 bits per heavy atom. The molecule has 0 radical (unpaired) electrons. The summed E-state index contributed by atoms with van der Waals surface area (Å²) in [4.78, 5) is 9.03. The van der Waals surface area contributed by atoms with E-state index in [1.807, 2.05) is 17.8 Å². The SMILES string of the molecule is CSCCCCCn1c(CCCl)nc2cc(Cl)cnc21. The van der Waals surface area contributed by atoms with Gasteiger partial charge in [-0.15, -0.1) is 11.6 Å². The molecule has 2 aromatic rings. The minimum Gasteiger partial charge on any atom is -0.313 e. The minimum atomic E-state index is 0.573. The van der Waals surface area contributed by atoms with Crippen molar-refractivity contribution in [2.75, 3.05) is 17.9 Å². The number of aromatic nitrogens is 3. The van der Waals surface area contributed by atoms with E-state index >= 15 is 0 Å². The maximum absolute atomic E-state index is 5.98. The van der Waals surface area contributed by atoms with Crippen LogP contribution in [-0.2, 0) is 13.0 Å². The largest absolute Gasteiger partial charge is 0.313 e. The van der Waals surface area contributed by atoms with E-state index in [-0.39, 0.29) is 0 Å². The molecule has 0 saturated carbocycles. The van der Waals surface area contributed by atoms with Gasteiger partial charge in [-0.2, -0.15) is 11.8 Å². The molecule has 2 aromatic heterocycles. The molecule has 0 aliphatic rings. The molecule has 0 fully saturated rings. The molecule has 0 saturated heterocycles. The Bertz CT molecular complexity index is 557. The van der Waals surface area contributed by atoms with Gasteiger partial charge in [-0.25, -0.2) is 9.97 Å². The molecule has 0 amide bonds. The zero-order valence-corrected chi connectivity index (χ0v) is 13.9. The fourth-order valence-electron chi connectivity index (χ4n) is 2.24. The van der Waals surface area contributed by atoms with E-state index in [4.69, 9.17) is 23.2 Å². The molecule has 0 spiro atoms. The van der Waals surface area contributed by atoms with Gasteiger partial charge < -0.3 is 4.57 Å². The maximum Gasteiger partial charge on any atom is 0.160 e. The van der Waals surface area contributed by atoms with Crippen LogP contribution in [0, 0.1) is 0 Å². The van der Waals surface area contributed by atoms with Crippen molar-refractivity contribution in [3.05, 3.63) is 23.1 Å². The Morgan fingerprint density at radius 1 is 1.30 bits per heavy atom. The number of nitrogens with zero attached hydrogens (tertiary/aromatic N) is 3. The van der Waals surface area contributed by atoms with Gasteiger partial charge in [0.15, 0.2) is 5.65 Å². The van der Waals surface area contributed by atoms with Crippen molar-refractivity contribution in [1.82, 2.24) is 14.5 Å². The Balaban J connectivity index is 2.13. The van der Waals surface area contributed by atoms with Crippen LogP contribution in [0.25, 0.3) is 11.2 Å². The second kappa shape index (κ2) is 8.11. The molecule has 0 unspecified atom stereocenters. The predicted octanol–water partition coefficient (Wildman–Crippen LogP) is 4.40. The summed E-state index contributed by atoms with van der Waals surface area (Å²) in [5, 5.41) is 0.625. The van der Waals surface area contributed by atoms with Crippen molar-refractivity contribution in [1.29, 1.82) is 0 Å². The number of fused-ring (bicyclic) bond motifs is 1. The lowest BCUT2D eigenvalue weighted by molar-refractivity contribution is 0.593. The zero-order chi connectivity index (χ0) is 14.4. The average Bonchev–Trinajstić information content (AvgIpc) is 2.76. The van der Waals surface area contributed by atoms with Crippen molar-refractivity contribution < 1.29 is 0 Å². The summed E-state index contributed by atoms with van der Waals surface area (Å²) < 4.78 is 2.19. The fraction of sp³-hybridized carbons (Fsp3) is 0.571. The van der Waals surface area contributed by atoms with Crippen LogP contribution >= 0.6 is 35.0 Å². The molecule has 110 valence electrons. The molecular weight excluding hydrogens is 313 g/mol. The van der Waals surface area contributed by atoms with Gasteiger partial charge in [0.1, 0.15) is 11.3 Å². The van der Waals surface area contributed by atoms with E-state index in [2.05, 4.69) is 20.8 Å². The molecule has 6 heteroatoms. The summed E-state index contributed by atoms with van der Waals surface area (Å²) in [6.07, 6.45) is 8.23. The minimum absolute atomic E-state index is 0.573. The number of hydrogen-bond acceptors (Lipinski definition) is 3. The standard InChI is InChI=1S/C14H19Cl2N3S/c1-20-8-4-2-3-7-19-13(5-6-15)18-12-9-11(16)10-17-14(12)19/h9-10H,2-8H2,1H3. The van der Waals surface area contributed by atoms with Crippen LogP contribution in [0.1, 0.15) is 25.1 Å². The number of pyridine rings is 1. The van der Waals surface area contributed by atoms with E-state index in [1.165, 1.54) is 18.6 Å². The number of halogens is 2. The highest BCUT2D eigenvalue weighted by molar-refractivity contribution is 7.98. The smallest absolute Gasteiger partial charge is 0.160 e. The average molecular weight is 332 g/mol. The van der Waals surface area contributed by atoms with Crippen LogP contribution in [0.15, 0.2) is 12.3 Å². The Kier molecular flexibility index (Phi) is 6.46. The topological polar surface area (TPSA) is 30.7 Å². The number of rotatable bonds is 8. The van der Waals surface area contributed by atoms with Crippen LogP contribution in [-0.4, -0.2) is 32.4 Å². The first-order valence-corrected chi connectivity index (χ1v) is 9.12. The van der Waals surface area contributed by atoms with Crippen LogP contribution in [0.4, 0.5) is 0 Å². The highest BCUT2D eigenvalue weighted by Crippen LogP contribution is 2.19. The van der Waals surface area contributed by atoms with Gasteiger partial charge in [0, 0.05) is 25.0 Å². The summed E-state index contributed by atoms with van der Waals surface area (Å²) in [6.45, 7) is 0.950. The van der Waals surface area contributed by atoms with Gasteiger partial charge in [0.25, 0.3) is 0 Å². The van der Waals surface area contributed by atoms with Crippen molar-refractivity contribution in [3.8, 4) is 0 Å². The van der Waals surface area contributed by atoms with Gasteiger partial charge >= 0.3 is 0 Å². The third kappa shape index (κ3) is 4.03. The van der Waals surface area contributed by atoms with Crippen LogP contribution in [0.5, 0.6) is 0 Å². The summed E-state index contributed by atoms with van der Waals surface area (Å²) in [7, 11) is 0. The monoisotopic (exact) mass is 331 g/mol. The Morgan fingerprint density at radius 3 is 2.90 bits per heavy atom. The Hall–Kier alpha value is -0.450. The van der Waals surface area contributed by atoms with Gasteiger partial charge in [0.2, 0.25) is 0 Å². The number of hydrogen-bond donors (Lipinski definition) is 0. The highest BCUT2D eigenvalue weighted by atomic mass is 35.5. The second-order valence-corrected chi connectivity index (χ2v) is 6.47. The number of aryl methyl sites for hydroxylation is 2. The summed E-state index contributed by atoms with van der Waals surface area (Å²) in [6, 6.07) is 1.87. The third-order valence-corrected chi connectivity index (χ3v) is 4.27. The first-order valence-electron chi connectivity index (χ1n) is 6.82. The molecule has 0 aliphatic carbocycles. The molecule has 2 heterocycles. The van der Waals surface area contributed by atoms with Crippen LogP contribution in [0.2, 0.25) is 5.02 Å². The van der Waals surface area contributed by atoms with Crippen LogP contribution < -0.4 is 0 Å².